The topological polar surface area (TPSA) is 91.7 Å². The van der Waals surface area contributed by atoms with E-state index >= 15 is 0 Å². The molecule has 1 fully saturated rings. The van der Waals surface area contributed by atoms with Gasteiger partial charge in [0.1, 0.15) is 5.75 Å². The number of hydrogen-bond acceptors (Lipinski definition) is 4. The van der Waals surface area contributed by atoms with Crippen molar-refractivity contribution in [1.29, 1.82) is 0 Å². The quantitative estimate of drug-likeness (QED) is 0.567. The van der Waals surface area contributed by atoms with Crippen LogP contribution in [0.5, 0.6) is 11.6 Å². The zero-order chi connectivity index (χ0) is 22.7. The second-order valence-corrected chi connectivity index (χ2v) is 8.08. The Hall–Kier alpha value is -3.86. The lowest BCUT2D eigenvalue weighted by Crippen LogP contribution is -2.38. The lowest BCUT2D eigenvalue weighted by molar-refractivity contribution is -0.135. The van der Waals surface area contributed by atoms with E-state index in [0.29, 0.717) is 30.3 Å². The van der Waals surface area contributed by atoms with Crippen molar-refractivity contribution in [3.63, 3.8) is 0 Å². The number of hydrogen-bond donors (Lipinski definition) is 2. The fourth-order valence-corrected chi connectivity index (χ4v) is 4.07. The first-order chi connectivity index (χ1) is 15.4. The largest absolute Gasteiger partial charge is 0.439 e. The molecule has 0 spiro atoms. The summed E-state index contributed by atoms with van der Waals surface area (Å²) >= 11 is 0. The first kappa shape index (κ1) is 21.4. The molecule has 1 aliphatic heterocycles. The molecule has 1 aromatic carbocycles. The van der Waals surface area contributed by atoms with Crippen LogP contribution < -0.4 is 10.1 Å². The molecule has 4 rings (SSSR count). The van der Waals surface area contributed by atoms with Crippen molar-refractivity contribution in [3.05, 3.63) is 59.7 Å². The van der Waals surface area contributed by atoms with Gasteiger partial charge in [-0.1, -0.05) is 6.92 Å². The van der Waals surface area contributed by atoms with Gasteiger partial charge in [0.05, 0.1) is 11.9 Å². The van der Waals surface area contributed by atoms with Crippen molar-refractivity contribution >= 4 is 28.4 Å². The minimum absolute atomic E-state index is 0.0358. The molecule has 2 atom stereocenters. The monoisotopic (exact) mass is 431 g/mol. The maximum Gasteiger partial charge on any atom is 0.300 e. The summed E-state index contributed by atoms with van der Waals surface area (Å²) in [6, 6.07) is 9.14. The van der Waals surface area contributed by atoms with Gasteiger partial charge in [0.15, 0.2) is 0 Å². The molecule has 2 aromatic heterocycles. The zero-order valence-electron chi connectivity index (χ0n) is 18.1. The Bertz CT molecular complexity index is 1180. The van der Waals surface area contributed by atoms with Crippen molar-refractivity contribution in [2.45, 2.75) is 39.3 Å². The maximum atomic E-state index is 12.9. The fourth-order valence-electron chi connectivity index (χ4n) is 4.07. The van der Waals surface area contributed by atoms with Gasteiger partial charge in [-0.05, 0) is 42.7 Å². The lowest BCUT2D eigenvalue weighted by atomic mass is 9.99. The average molecular weight is 431 g/mol. The molecule has 0 bridgehead atoms. The lowest BCUT2D eigenvalue weighted by Gasteiger charge is -2.20. The van der Waals surface area contributed by atoms with Gasteiger partial charge in [-0.15, -0.1) is 0 Å². The van der Waals surface area contributed by atoms with Crippen LogP contribution in [-0.4, -0.2) is 39.4 Å². The Morgan fingerprint density at radius 2 is 2.22 bits per heavy atom. The third-order valence-corrected chi connectivity index (χ3v) is 5.62. The molecule has 0 unspecified atom stereocenters. The van der Waals surface area contributed by atoms with E-state index < -0.39 is 0 Å². The van der Waals surface area contributed by atoms with Crippen molar-refractivity contribution in [2.75, 3.05) is 11.9 Å². The van der Waals surface area contributed by atoms with Crippen LogP contribution in [0.2, 0.25) is 0 Å². The molecule has 32 heavy (non-hydrogen) atoms. The van der Waals surface area contributed by atoms with Gasteiger partial charge in [-0.3, -0.25) is 19.3 Å². The molecule has 1 aliphatic rings. The van der Waals surface area contributed by atoms with E-state index in [1.54, 1.807) is 23.2 Å². The van der Waals surface area contributed by atoms with Crippen LogP contribution in [0.15, 0.2) is 42.7 Å². The number of pyridine rings is 1. The van der Waals surface area contributed by atoms with Crippen molar-refractivity contribution in [3.8, 4) is 11.6 Å². The Labute approximate surface area is 186 Å². The van der Waals surface area contributed by atoms with Gasteiger partial charge in [-0.25, -0.2) is 11.6 Å². The SMILES string of the molecule is [C-]#[N+][C@@H]1CCCN1C(=O)[C@@H](C)Cc1c[nH]c2ccc(Oc3ccc(NC(C)=O)cn3)cc12. The van der Waals surface area contributed by atoms with E-state index in [9.17, 15) is 9.59 Å². The summed E-state index contributed by atoms with van der Waals surface area (Å²) in [5, 5.41) is 3.66. The second-order valence-electron chi connectivity index (χ2n) is 8.08. The standard InChI is InChI=1S/C24H25N5O3/c1-15(24(31)29-10-4-5-22(29)25-3)11-17-13-26-21-8-7-19(12-20(17)21)32-23-9-6-18(14-27-23)28-16(2)30/h6-9,12-15,22,26H,4-5,10-11H2,1-2H3,(H,28,30)/t15-,22-/m0/s1. The predicted molar refractivity (Wildman–Crippen MR) is 121 cm³/mol. The highest BCUT2D eigenvalue weighted by atomic mass is 16.5. The predicted octanol–water partition coefficient (Wildman–Crippen LogP) is 4.36. The average Bonchev–Trinajstić information content (AvgIpc) is 3.41. The molecule has 8 heteroatoms. The fraction of sp³-hybridized carbons (Fsp3) is 0.333. The van der Waals surface area contributed by atoms with Crippen LogP contribution >= 0.6 is 0 Å². The molecular formula is C24H25N5O3. The summed E-state index contributed by atoms with van der Waals surface area (Å²) in [5.74, 6) is 0.702. The van der Waals surface area contributed by atoms with E-state index in [1.165, 1.54) is 6.92 Å². The first-order valence-corrected chi connectivity index (χ1v) is 10.6. The van der Waals surface area contributed by atoms with Gasteiger partial charge in [0, 0.05) is 49.0 Å². The minimum Gasteiger partial charge on any atom is -0.439 e. The third-order valence-electron chi connectivity index (χ3n) is 5.62. The van der Waals surface area contributed by atoms with Crippen LogP contribution in [0.3, 0.4) is 0 Å². The van der Waals surface area contributed by atoms with Crippen LogP contribution in [0.25, 0.3) is 15.7 Å². The van der Waals surface area contributed by atoms with Gasteiger partial charge >= 0.3 is 6.17 Å². The highest BCUT2D eigenvalue weighted by molar-refractivity contribution is 5.88. The van der Waals surface area contributed by atoms with Gasteiger partial charge in [0.25, 0.3) is 0 Å². The van der Waals surface area contributed by atoms with Gasteiger partial charge in [0.2, 0.25) is 17.7 Å². The molecule has 3 heterocycles. The van der Waals surface area contributed by atoms with E-state index in [-0.39, 0.29) is 23.9 Å². The molecule has 2 amide bonds. The summed E-state index contributed by atoms with van der Waals surface area (Å²) < 4.78 is 5.89. The number of nitrogens with zero attached hydrogens (tertiary/aromatic N) is 3. The zero-order valence-corrected chi connectivity index (χ0v) is 18.1. The second kappa shape index (κ2) is 9.10. The molecule has 8 nitrogen and oxygen atoms in total. The number of H-pyrrole nitrogens is 1. The third kappa shape index (κ3) is 4.57. The number of carbonyl (C=O) groups is 2. The molecule has 0 saturated carbocycles. The number of nitrogens with one attached hydrogen (secondary N) is 2. The first-order valence-electron chi connectivity index (χ1n) is 10.6. The summed E-state index contributed by atoms with van der Waals surface area (Å²) in [6.07, 6.45) is 5.37. The molecule has 0 aliphatic carbocycles. The summed E-state index contributed by atoms with van der Waals surface area (Å²) in [4.78, 5) is 36.8. The van der Waals surface area contributed by atoms with E-state index in [1.807, 2.05) is 31.3 Å². The van der Waals surface area contributed by atoms with Crippen molar-refractivity contribution < 1.29 is 14.3 Å². The van der Waals surface area contributed by atoms with Gasteiger partial charge < -0.3 is 15.0 Å². The van der Waals surface area contributed by atoms with Crippen LogP contribution in [0.1, 0.15) is 32.3 Å². The summed E-state index contributed by atoms with van der Waals surface area (Å²) in [5.41, 5.74) is 2.59. The van der Waals surface area contributed by atoms with Crippen molar-refractivity contribution in [1.82, 2.24) is 14.9 Å². The number of rotatable bonds is 6. The molecule has 3 aromatic rings. The Balaban J connectivity index is 1.48. The Morgan fingerprint density at radius 3 is 2.94 bits per heavy atom. The van der Waals surface area contributed by atoms with Crippen LogP contribution in [-0.2, 0) is 16.0 Å². The van der Waals surface area contributed by atoms with Crippen LogP contribution in [0.4, 0.5) is 5.69 Å². The Morgan fingerprint density at radius 1 is 1.38 bits per heavy atom. The number of fused-ring (bicyclic) bond motifs is 1. The van der Waals surface area contributed by atoms with Gasteiger partial charge in [-0.2, -0.15) is 0 Å². The van der Waals surface area contributed by atoms with E-state index in [4.69, 9.17) is 11.3 Å². The molecule has 0 radical (unpaired) electrons. The molecular weight excluding hydrogens is 406 g/mol. The summed E-state index contributed by atoms with van der Waals surface area (Å²) in [7, 11) is 0. The number of anilines is 1. The molecule has 1 saturated heterocycles. The Kier molecular flexibility index (Phi) is 6.08. The van der Waals surface area contributed by atoms with Crippen LogP contribution in [0, 0.1) is 12.5 Å². The number of carbonyl (C=O) groups excluding carboxylic acids is 2. The number of aromatic nitrogens is 2. The molecule has 2 N–H and O–H groups in total. The normalized spacial score (nSPS) is 16.5. The maximum absolute atomic E-state index is 12.9. The smallest absolute Gasteiger partial charge is 0.300 e. The molecule has 164 valence electrons. The summed E-state index contributed by atoms with van der Waals surface area (Å²) in [6.45, 7) is 11.3. The number of benzene rings is 1. The number of aromatic amines is 1. The van der Waals surface area contributed by atoms with Crippen molar-refractivity contribution in [2.24, 2.45) is 5.92 Å². The minimum atomic E-state index is -0.322. The highest BCUT2D eigenvalue weighted by Crippen LogP contribution is 2.29. The number of ether oxygens (including phenoxy) is 1. The van der Waals surface area contributed by atoms with E-state index in [0.717, 1.165) is 29.3 Å². The van der Waals surface area contributed by atoms with E-state index in [2.05, 4.69) is 20.1 Å². The number of likely N-dealkylation sites (tertiary alicyclic amines) is 1. The highest BCUT2D eigenvalue weighted by Gasteiger charge is 2.35. The number of amides is 2.